The first kappa shape index (κ1) is 12.0. The summed E-state index contributed by atoms with van der Waals surface area (Å²) in [6.07, 6.45) is 0. The van der Waals surface area contributed by atoms with Crippen LogP contribution in [0.25, 0.3) is 10.9 Å². The zero-order valence-electron chi connectivity index (χ0n) is 10.6. The number of hydrogen-bond donors (Lipinski definition) is 1. The summed E-state index contributed by atoms with van der Waals surface area (Å²) in [5.41, 5.74) is 1.85. The highest BCUT2D eigenvalue weighted by Gasteiger charge is 2.05. The van der Waals surface area contributed by atoms with Gasteiger partial charge in [-0.25, -0.2) is 0 Å². The fourth-order valence-corrected chi connectivity index (χ4v) is 2.80. The normalized spacial score (nSPS) is 10.8. The SMILES string of the molecule is Cn1c(=O)cc(NCc2cccs2)c2ccccc21. The minimum atomic E-state index is 0.00683. The van der Waals surface area contributed by atoms with Gasteiger partial charge in [-0.1, -0.05) is 24.3 Å². The average Bonchev–Trinajstić information content (AvgIpc) is 2.95. The van der Waals surface area contributed by atoms with E-state index in [1.165, 1.54) is 4.88 Å². The molecule has 0 aliphatic carbocycles. The summed E-state index contributed by atoms with van der Waals surface area (Å²) in [6, 6.07) is 13.7. The molecule has 2 heterocycles. The van der Waals surface area contributed by atoms with Crippen molar-refractivity contribution < 1.29 is 0 Å². The predicted octanol–water partition coefficient (Wildman–Crippen LogP) is 3.21. The number of para-hydroxylation sites is 1. The second-order valence-electron chi connectivity index (χ2n) is 4.41. The summed E-state index contributed by atoms with van der Waals surface area (Å²) in [6.45, 7) is 0.745. The Hall–Kier alpha value is -2.07. The minimum absolute atomic E-state index is 0.00683. The lowest BCUT2D eigenvalue weighted by Crippen LogP contribution is -2.17. The van der Waals surface area contributed by atoms with Crippen LogP contribution in [0.2, 0.25) is 0 Å². The van der Waals surface area contributed by atoms with Gasteiger partial charge in [0, 0.05) is 35.6 Å². The quantitative estimate of drug-likeness (QED) is 0.793. The van der Waals surface area contributed by atoms with Gasteiger partial charge in [0.25, 0.3) is 5.56 Å². The van der Waals surface area contributed by atoms with Crippen molar-refractivity contribution in [3.05, 3.63) is 63.1 Å². The van der Waals surface area contributed by atoms with Crippen LogP contribution in [-0.2, 0) is 13.6 Å². The van der Waals surface area contributed by atoms with E-state index >= 15 is 0 Å². The first-order valence-electron chi connectivity index (χ1n) is 6.11. The second-order valence-corrected chi connectivity index (χ2v) is 5.44. The summed E-state index contributed by atoms with van der Waals surface area (Å²) >= 11 is 1.71. The van der Waals surface area contributed by atoms with Crippen LogP contribution in [0.1, 0.15) is 4.88 Å². The summed E-state index contributed by atoms with van der Waals surface area (Å²) in [4.78, 5) is 13.2. The number of aromatic nitrogens is 1. The Morgan fingerprint density at radius 1 is 1.21 bits per heavy atom. The molecule has 0 spiro atoms. The topological polar surface area (TPSA) is 34.0 Å². The number of benzene rings is 1. The van der Waals surface area contributed by atoms with E-state index in [4.69, 9.17) is 0 Å². The highest BCUT2D eigenvalue weighted by Crippen LogP contribution is 2.22. The van der Waals surface area contributed by atoms with Gasteiger partial charge in [-0.15, -0.1) is 11.3 Å². The summed E-state index contributed by atoms with van der Waals surface area (Å²) in [5.74, 6) is 0. The Bertz CT molecular complexity index is 759. The van der Waals surface area contributed by atoms with Crippen LogP contribution in [0.3, 0.4) is 0 Å². The molecule has 0 saturated heterocycles. The molecule has 3 nitrogen and oxygen atoms in total. The van der Waals surface area contributed by atoms with Crippen LogP contribution in [0.4, 0.5) is 5.69 Å². The molecule has 0 aliphatic rings. The second kappa shape index (κ2) is 4.90. The average molecular weight is 270 g/mol. The molecule has 3 rings (SSSR count). The third-order valence-corrected chi connectivity index (χ3v) is 4.06. The summed E-state index contributed by atoms with van der Waals surface area (Å²) in [5, 5.41) is 6.48. The molecule has 0 bridgehead atoms. The first-order chi connectivity index (χ1) is 9.25. The van der Waals surface area contributed by atoms with E-state index in [0.717, 1.165) is 23.1 Å². The van der Waals surface area contributed by atoms with Gasteiger partial charge in [0.2, 0.25) is 0 Å². The standard InChI is InChI=1S/C15H14N2OS/c1-17-14-7-3-2-6-12(14)13(9-15(17)18)16-10-11-5-4-8-19-11/h2-9,16H,10H2,1H3. The largest absolute Gasteiger partial charge is 0.379 e. The van der Waals surface area contributed by atoms with Crippen LogP contribution in [0, 0.1) is 0 Å². The van der Waals surface area contributed by atoms with E-state index in [1.54, 1.807) is 29.0 Å². The Morgan fingerprint density at radius 3 is 2.84 bits per heavy atom. The summed E-state index contributed by atoms with van der Waals surface area (Å²) < 4.78 is 1.67. The molecule has 0 amide bonds. The molecule has 3 aromatic rings. The van der Waals surface area contributed by atoms with Gasteiger partial charge in [-0.2, -0.15) is 0 Å². The third-order valence-electron chi connectivity index (χ3n) is 3.19. The molecule has 2 aromatic heterocycles. The number of nitrogens with zero attached hydrogens (tertiary/aromatic N) is 1. The Kier molecular flexibility index (Phi) is 3.09. The number of fused-ring (bicyclic) bond motifs is 1. The number of aryl methyl sites for hydroxylation is 1. The van der Waals surface area contributed by atoms with Crippen molar-refractivity contribution in [2.75, 3.05) is 5.32 Å². The Morgan fingerprint density at radius 2 is 2.05 bits per heavy atom. The van der Waals surface area contributed by atoms with Gasteiger partial charge >= 0.3 is 0 Å². The number of thiophene rings is 1. The summed E-state index contributed by atoms with van der Waals surface area (Å²) in [7, 11) is 1.80. The molecule has 0 atom stereocenters. The number of hydrogen-bond acceptors (Lipinski definition) is 3. The van der Waals surface area contributed by atoms with Crippen molar-refractivity contribution in [2.24, 2.45) is 7.05 Å². The van der Waals surface area contributed by atoms with Crippen LogP contribution in [-0.4, -0.2) is 4.57 Å². The molecule has 0 saturated carbocycles. The molecule has 96 valence electrons. The van der Waals surface area contributed by atoms with E-state index < -0.39 is 0 Å². The van der Waals surface area contributed by atoms with Gasteiger partial charge in [0.1, 0.15) is 0 Å². The lowest BCUT2D eigenvalue weighted by atomic mass is 10.2. The fraction of sp³-hybridized carbons (Fsp3) is 0.133. The van der Waals surface area contributed by atoms with Crippen molar-refractivity contribution in [1.29, 1.82) is 0 Å². The van der Waals surface area contributed by atoms with E-state index in [-0.39, 0.29) is 5.56 Å². The molecular weight excluding hydrogens is 256 g/mol. The third kappa shape index (κ3) is 2.27. The van der Waals surface area contributed by atoms with Gasteiger partial charge in [-0.3, -0.25) is 4.79 Å². The monoisotopic (exact) mass is 270 g/mol. The lowest BCUT2D eigenvalue weighted by molar-refractivity contribution is 0.906. The molecule has 1 N–H and O–H groups in total. The minimum Gasteiger partial charge on any atom is -0.379 e. The maximum absolute atomic E-state index is 11.9. The van der Waals surface area contributed by atoms with Crippen molar-refractivity contribution in [3.63, 3.8) is 0 Å². The van der Waals surface area contributed by atoms with E-state index in [9.17, 15) is 4.79 Å². The first-order valence-corrected chi connectivity index (χ1v) is 6.99. The van der Waals surface area contributed by atoms with Gasteiger partial charge in [0.15, 0.2) is 0 Å². The number of pyridine rings is 1. The zero-order chi connectivity index (χ0) is 13.2. The van der Waals surface area contributed by atoms with Crippen LogP contribution in [0.15, 0.2) is 52.6 Å². The van der Waals surface area contributed by atoms with Gasteiger partial charge < -0.3 is 9.88 Å². The molecule has 0 aliphatic heterocycles. The lowest BCUT2D eigenvalue weighted by Gasteiger charge is -2.11. The zero-order valence-corrected chi connectivity index (χ0v) is 11.4. The van der Waals surface area contributed by atoms with E-state index in [2.05, 4.69) is 16.8 Å². The van der Waals surface area contributed by atoms with Gasteiger partial charge in [-0.05, 0) is 17.5 Å². The molecule has 0 radical (unpaired) electrons. The molecule has 4 heteroatoms. The Labute approximate surface area is 115 Å². The number of nitrogens with one attached hydrogen (secondary N) is 1. The molecule has 0 fully saturated rings. The van der Waals surface area contributed by atoms with Crippen LogP contribution < -0.4 is 10.9 Å². The molecule has 0 unspecified atom stereocenters. The fourth-order valence-electron chi connectivity index (χ4n) is 2.15. The van der Waals surface area contributed by atoms with Crippen LogP contribution in [0.5, 0.6) is 0 Å². The number of anilines is 1. The van der Waals surface area contributed by atoms with Gasteiger partial charge in [0.05, 0.1) is 5.52 Å². The van der Waals surface area contributed by atoms with Crippen LogP contribution >= 0.6 is 11.3 Å². The smallest absolute Gasteiger partial charge is 0.252 e. The van der Waals surface area contributed by atoms with Crippen molar-refractivity contribution >= 4 is 27.9 Å². The highest BCUT2D eigenvalue weighted by molar-refractivity contribution is 7.09. The maximum Gasteiger partial charge on any atom is 0.252 e. The van der Waals surface area contributed by atoms with Crippen molar-refractivity contribution in [3.8, 4) is 0 Å². The molecular formula is C15H14N2OS. The molecule has 19 heavy (non-hydrogen) atoms. The van der Waals surface area contributed by atoms with Crippen molar-refractivity contribution in [1.82, 2.24) is 4.57 Å². The van der Waals surface area contributed by atoms with Crippen molar-refractivity contribution in [2.45, 2.75) is 6.54 Å². The molecule has 1 aromatic carbocycles. The predicted molar refractivity (Wildman–Crippen MR) is 80.8 cm³/mol. The Balaban J connectivity index is 2.03. The highest BCUT2D eigenvalue weighted by atomic mass is 32.1. The van der Waals surface area contributed by atoms with E-state index in [0.29, 0.717) is 0 Å². The number of rotatable bonds is 3. The van der Waals surface area contributed by atoms with E-state index in [1.807, 2.05) is 30.3 Å². The maximum atomic E-state index is 11.9.